The summed E-state index contributed by atoms with van der Waals surface area (Å²) in [7, 11) is 0.631. The van der Waals surface area contributed by atoms with Gasteiger partial charge in [0.25, 0.3) is 5.24 Å². The number of rotatable bonds is 19. The first kappa shape index (κ1) is 41.6. The van der Waals surface area contributed by atoms with Crippen molar-refractivity contribution in [3.63, 3.8) is 0 Å². The number of hydrogen-bond acceptors (Lipinski definition) is 11. The van der Waals surface area contributed by atoms with E-state index in [0.717, 1.165) is 0 Å². The number of anilines is 1. The van der Waals surface area contributed by atoms with Crippen LogP contribution in [0.1, 0.15) is 52.0 Å². The molecule has 0 fully saturated rings. The number of carbonyl (C=O) groups excluding carboxylic acids is 6. The van der Waals surface area contributed by atoms with E-state index in [1.807, 2.05) is 0 Å². The van der Waals surface area contributed by atoms with Crippen molar-refractivity contribution in [1.29, 1.82) is 0 Å². The molecule has 1 aromatic carbocycles. The van der Waals surface area contributed by atoms with E-state index in [4.69, 9.17) is 14.9 Å². The maximum Gasteiger partial charge on any atom is 0.305 e. The van der Waals surface area contributed by atoms with Crippen molar-refractivity contribution in [2.45, 2.75) is 77.2 Å². The van der Waals surface area contributed by atoms with E-state index >= 15 is 0 Å². The summed E-state index contributed by atoms with van der Waals surface area (Å²) < 4.78 is 4.89. The van der Waals surface area contributed by atoms with Gasteiger partial charge in [0.2, 0.25) is 23.6 Å². The fourth-order valence-corrected chi connectivity index (χ4v) is 4.46. The zero-order chi connectivity index (χ0) is 36.6. The lowest BCUT2D eigenvalue weighted by molar-refractivity contribution is -0.142. The Morgan fingerprint density at radius 3 is 1.73 bits per heavy atom. The van der Waals surface area contributed by atoms with E-state index in [1.54, 1.807) is 33.3 Å². The average molecular weight is 810 g/mol. The predicted molar refractivity (Wildman–Crippen MR) is 176 cm³/mol. The molecule has 1 rings (SSSR count). The van der Waals surface area contributed by atoms with E-state index in [2.05, 4.69) is 26.6 Å². The smallest absolute Gasteiger partial charge is 0.305 e. The van der Waals surface area contributed by atoms with Crippen LogP contribution in [0.4, 0.5) is 10.5 Å². The molecule has 0 bridgehead atoms. The minimum absolute atomic E-state index is 0.0123. The first-order chi connectivity index (χ1) is 22.4. The number of esters is 1. The monoisotopic (exact) mass is 809 g/mol. The topological polar surface area (TPSA) is 284 Å². The lowest BCUT2D eigenvalue weighted by atomic mass is 10.0. The van der Waals surface area contributed by atoms with Crippen molar-refractivity contribution in [2.24, 2.45) is 5.92 Å². The van der Waals surface area contributed by atoms with Gasteiger partial charge in [0, 0.05) is 49.2 Å². The summed E-state index contributed by atoms with van der Waals surface area (Å²) in [4.78, 5) is 109. The number of carboxylic acids is 3. The van der Waals surface area contributed by atoms with Gasteiger partial charge in [0.1, 0.15) is 30.8 Å². The summed E-state index contributed by atoms with van der Waals surface area (Å²) in [6.45, 7) is 4.26. The molecular weight excluding hydrogens is 773 g/mol. The van der Waals surface area contributed by atoms with Crippen LogP contribution in [0, 0.1) is 5.92 Å². The summed E-state index contributed by atoms with van der Waals surface area (Å²) in [5.41, 5.74) is 0.838. The largest absolute Gasteiger partial charge is 0.481 e. The third kappa shape index (κ3) is 15.9. The summed E-state index contributed by atoms with van der Waals surface area (Å²) in [6.07, 6.45) is -2.81. The Labute approximate surface area is 290 Å². The Kier molecular flexibility index (Phi) is 17.9. The molecule has 0 spiro atoms. The van der Waals surface area contributed by atoms with Crippen molar-refractivity contribution >= 4 is 88.6 Å². The molecule has 8 N–H and O–H groups in total. The van der Waals surface area contributed by atoms with Crippen LogP contribution in [-0.2, 0) is 49.7 Å². The first-order valence-electron chi connectivity index (χ1n) is 14.1. The molecular formula is C28H36IN5O13S. The minimum atomic E-state index is -1.62. The van der Waals surface area contributed by atoms with E-state index in [1.165, 1.54) is 32.9 Å². The molecule has 0 heterocycles. The summed E-state index contributed by atoms with van der Waals surface area (Å²) >= 11 is 1.60. The molecule has 0 saturated carbocycles. The molecule has 18 nitrogen and oxygen atoms in total. The molecule has 1 aromatic rings. The van der Waals surface area contributed by atoms with Crippen molar-refractivity contribution in [3.8, 4) is 0 Å². The molecule has 4 unspecified atom stereocenters. The standard InChI is InChI=1S/C28H36IN5O13S/c1-13(2)23(34-24(42)17(8-9-20(36)37)31-26(44)19(11-22(40)41)33-28(46)48-29)27(45)32-18(10-21(38)39)25(43)30-16-6-4-15(5-7-16)12-47-14(3)35/h4-7,13,17-19,23H,8-12H2,1-3H3,(H,30,43)(H,31,44)(H,32,45)(H,33,46)(H,34,42)(H,36,37)(H,38,39)(H,40,41). The van der Waals surface area contributed by atoms with E-state index in [-0.39, 0.29) is 12.3 Å². The Morgan fingerprint density at radius 1 is 0.729 bits per heavy atom. The molecule has 0 saturated heterocycles. The maximum atomic E-state index is 13.3. The molecule has 0 aliphatic carbocycles. The van der Waals surface area contributed by atoms with Crippen LogP contribution < -0.4 is 26.6 Å². The number of carboxylic acid groups (broad SMARTS) is 3. The van der Waals surface area contributed by atoms with Gasteiger partial charge in [-0.05, 0) is 30.0 Å². The van der Waals surface area contributed by atoms with Gasteiger partial charge in [0.15, 0.2) is 0 Å². The predicted octanol–water partition coefficient (Wildman–Crippen LogP) is 0.774. The Bertz CT molecular complexity index is 1380. The SMILES string of the molecule is CC(=O)OCc1ccc(NC(=O)C(CC(=O)O)NC(=O)C(NC(=O)C(CCC(=O)O)NC(=O)C(CC(=O)O)NC(=O)SI)C(C)C)cc1. The second kappa shape index (κ2) is 20.7. The van der Waals surface area contributed by atoms with E-state index in [0.29, 0.717) is 14.5 Å². The molecule has 5 amide bonds. The number of halogens is 1. The van der Waals surface area contributed by atoms with Crippen LogP contribution in [0.5, 0.6) is 0 Å². The second-order valence-electron chi connectivity index (χ2n) is 10.5. The van der Waals surface area contributed by atoms with Gasteiger partial charge in [0.05, 0.1) is 12.8 Å². The van der Waals surface area contributed by atoms with Crippen molar-refractivity contribution < 1.29 is 63.2 Å². The Morgan fingerprint density at radius 2 is 1.25 bits per heavy atom. The van der Waals surface area contributed by atoms with Crippen LogP contribution in [0.2, 0.25) is 0 Å². The maximum absolute atomic E-state index is 13.3. The van der Waals surface area contributed by atoms with Gasteiger partial charge in [-0.15, -0.1) is 0 Å². The highest BCUT2D eigenvalue weighted by Crippen LogP contribution is 2.14. The van der Waals surface area contributed by atoms with Crippen LogP contribution in [0.25, 0.3) is 0 Å². The fourth-order valence-electron chi connectivity index (χ4n) is 3.89. The van der Waals surface area contributed by atoms with Crippen LogP contribution in [0.15, 0.2) is 24.3 Å². The van der Waals surface area contributed by atoms with Gasteiger partial charge in [-0.2, -0.15) is 0 Å². The molecule has 0 aliphatic heterocycles. The normalized spacial score (nSPS) is 13.1. The molecule has 4 atom stereocenters. The number of aliphatic carboxylic acids is 3. The highest BCUT2D eigenvalue weighted by molar-refractivity contribution is 14.2. The molecule has 48 heavy (non-hydrogen) atoms. The zero-order valence-electron chi connectivity index (χ0n) is 25.9. The van der Waals surface area contributed by atoms with Crippen LogP contribution in [0.3, 0.4) is 0 Å². The van der Waals surface area contributed by atoms with Crippen molar-refractivity contribution in [1.82, 2.24) is 21.3 Å². The van der Waals surface area contributed by atoms with E-state index in [9.17, 15) is 48.3 Å². The number of hydrogen-bond donors (Lipinski definition) is 8. The molecule has 20 heteroatoms. The second-order valence-corrected chi connectivity index (χ2v) is 12.4. The van der Waals surface area contributed by atoms with Gasteiger partial charge < -0.3 is 46.6 Å². The lowest BCUT2D eigenvalue weighted by Crippen LogP contribution is -2.59. The molecule has 264 valence electrons. The molecule has 0 radical (unpaired) electrons. The Hall–Kier alpha value is -4.47. The number of amides is 5. The average Bonchev–Trinajstić information content (AvgIpc) is 2.99. The third-order valence-electron chi connectivity index (χ3n) is 6.26. The third-order valence-corrected chi connectivity index (χ3v) is 7.72. The van der Waals surface area contributed by atoms with Gasteiger partial charge >= 0.3 is 23.9 Å². The molecule has 0 aromatic heterocycles. The summed E-state index contributed by atoms with van der Waals surface area (Å²) in [6, 6.07) is -0.241. The number of carbonyl (C=O) groups is 9. The quantitative estimate of drug-likeness (QED) is 0.0708. The van der Waals surface area contributed by atoms with Gasteiger partial charge in [-0.1, -0.05) is 26.0 Å². The van der Waals surface area contributed by atoms with Crippen LogP contribution >= 0.6 is 30.1 Å². The lowest BCUT2D eigenvalue weighted by Gasteiger charge is -2.27. The summed E-state index contributed by atoms with van der Waals surface area (Å²) in [5.74, 6) is -9.42. The number of nitrogens with one attached hydrogen (secondary N) is 5. The van der Waals surface area contributed by atoms with Gasteiger partial charge in [-0.3, -0.25) is 43.2 Å². The Balaban J connectivity index is 3.14. The first-order valence-corrected chi connectivity index (χ1v) is 17.5. The summed E-state index contributed by atoms with van der Waals surface area (Å²) in [5, 5.41) is 38.5. The minimum Gasteiger partial charge on any atom is -0.481 e. The van der Waals surface area contributed by atoms with Crippen LogP contribution in [-0.4, -0.2) is 92.2 Å². The number of benzene rings is 1. The zero-order valence-corrected chi connectivity index (χ0v) is 28.9. The highest BCUT2D eigenvalue weighted by atomic mass is 127. The van der Waals surface area contributed by atoms with Crippen molar-refractivity contribution in [2.75, 3.05) is 5.32 Å². The highest BCUT2D eigenvalue weighted by Gasteiger charge is 2.34. The van der Waals surface area contributed by atoms with Gasteiger partial charge in [-0.25, -0.2) is 0 Å². The fraction of sp³-hybridized carbons (Fsp3) is 0.464. The number of ether oxygens (including phenoxy) is 1. The van der Waals surface area contributed by atoms with E-state index < -0.39 is 109 Å². The van der Waals surface area contributed by atoms with Crippen molar-refractivity contribution in [3.05, 3.63) is 29.8 Å². The molecule has 0 aliphatic rings.